The van der Waals surface area contributed by atoms with E-state index in [2.05, 4.69) is 15.9 Å². The first-order chi connectivity index (χ1) is 6.16. The maximum atomic E-state index is 11.3. The third kappa shape index (κ3) is 2.15. The van der Waals surface area contributed by atoms with Gasteiger partial charge in [0.2, 0.25) is 0 Å². The fraction of sp³-hybridized carbons (Fsp3) is 0.286. The molecule has 0 aliphatic carbocycles. The molecule has 0 atom stereocenters. The van der Waals surface area contributed by atoms with Gasteiger partial charge in [0.15, 0.2) is 0 Å². The Balaban J connectivity index is 3.19. The summed E-state index contributed by atoms with van der Waals surface area (Å²) in [4.78, 5) is 21.0. The Morgan fingerprint density at radius 2 is 2.31 bits per heavy atom. The predicted octanol–water partition coefficient (Wildman–Crippen LogP) is 1.15. The zero-order valence-electron chi connectivity index (χ0n) is 6.64. The summed E-state index contributed by atoms with van der Waals surface area (Å²) < 4.78 is 1.30. The van der Waals surface area contributed by atoms with E-state index in [-0.39, 0.29) is 5.69 Å². The van der Waals surface area contributed by atoms with Gasteiger partial charge < -0.3 is 4.57 Å². The van der Waals surface area contributed by atoms with Crippen molar-refractivity contribution < 1.29 is 4.92 Å². The van der Waals surface area contributed by atoms with E-state index in [0.29, 0.717) is 11.9 Å². The molecule has 0 unspecified atom stereocenters. The minimum absolute atomic E-state index is 0.386. The van der Waals surface area contributed by atoms with Crippen LogP contribution in [-0.2, 0) is 6.54 Å². The Hall–Kier alpha value is -1.17. The molecule has 0 radical (unpaired) electrons. The molecular formula is C7H7BrN2O3. The number of pyridine rings is 1. The lowest BCUT2D eigenvalue weighted by Gasteiger charge is -2.00. The van der Waals surface area contributed by atoms with E-state index in [4.69, 9.17) is 0 Å². The molecule has 0 N–H and O–H groups in total. The van der Waals surface area contributed by atoms with Gasteiger partial charge in [0, 0.05) is 24.1 Å². The number of alkyl halides is 1. The topological polar surface area (TPSA) is 65.1 Å². The molecule has 1 heterocycles. The van der Waals surface area contributed by atoms with E-state index in [0.717, 1.165) is 0 Å². The lowest BCUT2D eigenvalue weighted by Crippen LogP contribution is -2.22. The molecule has 13 heavy (non-hydrogen) atoms. The van der Waals surface area contributed by atoms with Gasteiger partial charge in [-0.1, -0.05) is 15.9 Å². The van der Waals surface area contributed by atoms with Crippen LogP contribution >= 0.6 is 15.9 Å². The van der Waals surface area contributed by atoms with Crippen LogP contribution in [0.3, 0.4) is 0 Å². The molecule has 0 bridgehead atoms. The van der Waals surface area contributed by atoms with E-state index in [1.54, 1.807) is 0 Å². The summed E-state index contributed by atoms with van der Waals surface area (Å²) in [6.07, 6.45) is 1.52. The number of hydrogen-bond donors (Lipinski definition) is 0. The lowest BCUT2D eigenvalue weighted by atomic mass is 10.4. The summed E-state index contributed by atoms with van der Waals surface area (Å²) in [5.74, 6) is 0. The van der Waals surface area contributed by atoms with Crippen molar-refractivity contribution in [1.29, 1.82) is 0 Å². The largest absolute Gasteiger partial charge is 0.334 e. The van der Waals surface area contributed by atoms with Crippen molar-refractivity contribution >= 4 is 21.6 Å². The van der Waals surface area contributed by atoms with Crippen LogP contribution in [0.2, 0.25) is 0 Å². The summed E-state index contributed by atoms with van der Waals surface area (Å²) in [6.45, 7) is 0.431. The lowest BCUT2D eigenvalue weighted by molar-refractivity contribution is -0.386. The summed E-state index contributed by atoms with van der Waals surface area (Å²) in [6, 6.07) is 2.69. The van der Waals surface area contributed by atoms with Crippen molar-refractivity contribution in [3.63, 3.8) is 0 Å². The maximum absolute atomic E-state index is 11.3. The maximum Gasteiger partial charge on any atom is 0.334 e. The Kier molecular flexibility index (Phi) is 3.18. The highest BCUT2D eigenvalue weighted by atomic mass is 79.9. The van der Waals surface area contributed by atoms with Gasteiger partial charge in [0.1, 0.15) is 0 Å². The third-order valence-corrected chi connectivity index (χ3v) is 1.88. The van der Waals surface area contributed by atoms with Crippen LogP contribution in [0.5, 0.6) is 0 Å². The van der Waals surface area contributed by atoms with Gasteiger partial charge in [-0.15, -0.1) is 0 Å². The fourth-order valence-corrected chi connectivity index (χ4v) is 1.31. The highest BCUT2D eigenvalue weighted by Gasteiger charge is 2.12. The van der Waals surface area contributed by atoms with Crippen molar-refractivity contribution in [2.24, 2.45) is 0 Å². The summed E-state index contributed by atoms with van der Waals surface area (Å²) >= 11 is 3.15. The molecule has 0 spiro atoms. The molecule has 1 aromatic rings. The number of halogens is 1. The van der Waals surface area contributed by atoms with Gasteiger partial charge in [0.25, 0.3) is 0 Å². The molecule has 0 aliphatic heterocycles. The summed E-state index contributed by atoms with van der Waals surface area (Å²) in [5, 5.41) is 11.0. The van der Waals surface area contributed by atoms with Crippen LogP contribution in [0.1, 0.15) is 0 Å². The number of nitrogens with zero attached hydrogens (tertiary/aromatic N) is 2. The first-order valence-electron chi connectivity index (χ1n) is 3.56. The van der Waals surface area contributed by atoms with E-state index in [1.807, 2.05) is 0 Å². The van der Waals surface area contributed by atoms with Gasteiger partial charge in [-0.05, 0) is 6.07 Å². The van der Waals surface area contributed by atoms with Gasteiger partial charge in [-0.3, -0.25) is 14.9 Å². The number of hydrogen-bond acceptors (Lipinski definition) is 3. The quantitative estimate of drug-likeness (QED) is 0.457. The molecular weight excluding hydrogens is 240 g/mol. The monoisotopic (exact) mass is 246 g/mol. The normalized spacial score (nSPS) is 9.92. The molecule has 0 fully saturated rings. The SMILES string of the molecule is O=c1c([N+](=O)[O-])cccn1CCBr. The van der Waals surface area contributed by atoms with Crippen molar-refractivity contribution in [3.8, 4) is 0 Å². The van der Waals surface area contributed by atoms with Gasteiger partial charge >= 0.3 is 11.2 Å². The third-order valence-electron chi connectivity index (χ3n) is 1.52. The van der Waals surface area contributed by atoms with Crippen LogP contribution in [0.4, 0.5) is 5.69 Å². The molecule has 0 saturated carbocycles. The molecule has 1 aromatic heterocycles. The Labute approximate surface area is 82.3 Å². The molecule has 0 saturated heterocycles. The summed E-state index contributed by atoms with van der Waals surface area (Å²) in [7, 11) is 0. The van der Waals surface area contributed by atoms with Crippen LogP contribution in [0, 0.1) is 10.1 Å². The van der Waals surface area contributed by atoms with E-state index in [9.17, 15) is 14.9 Å². The van der Waals surface area contributed by atoms with Gasteiger partial charge in [-0.25, -0.2) is 0 Å². The zero-order valence-corrected chi connectivity index (χ0v) is 8.23. The predicted molar refractivity (Wildman–Crippen MR) is 51.2 cm³/mol. The van der Waals surface area contributed by atoms with Crippen LogP contribution < -0.4 is 5.56 Å². The van der Waals surface area contributed by atoms with Gasteiger partial charge in [-0.2, -0.15) is 0 Å². The van der Waals surface area contributed by atoms with Gasteiger partial charge in [0.05, 0.1) is 4.92 Å². The number of nitro groups is 1. The van der Waals surface area contributed by atoms with Crippen molar-refractivity contribution in [1.82, 2.24) is 4.57 Å². The average Bonchev–Trinajstić information content (AvgIpc) is 2.08. The molecule has 0 aromatic carbocycles. The van der Waals surface area contributed by atoms with E-state index >= 15 is 0 Å². The molecule has 70 valence electrons. The molecule has 0 amide bonds. The minimum Gasteiger partial charge on any atom is -0.309 e. The molecule has 6 heteroatoms. The fourth-order valence-electron chi connectivity index (χ4n) is 0.930. The van der Waals surface area contributed by atoms with Crippen LogP contribution in [-0.4, -0.2) is 14.8 Å². The Morgan fingerprint density at radius 1 is 1.62 bits per heavy atom. The van der Waals surface area contributed by atoms with E-state index < -0.39 is 10.5 Å². The number of rotatable bonds is 3. The minimum atomic E-state index is -0.674. The number of aromatic nitrogens is 1. The second-order valence-electron chi connectivity index (χ2n) is 2.34. The second kappa shape index (κ2) is 4.18. The standard InChI is InChI=1S/C7H7BrN2O3/c8-3-5-9-4-1-2-6(7(9)11)10(12)13/h1-2,4H,3,5H2. The van der Waals surface area contributed by atoms with Crippen LogP contribution in [0.25, 0.3) is 0 Å². The van der Waals surface area contributed by atoms with Crippen molar-refractivity contribution in [2.45, 2.75) is 6.54 Å². The van der Waals surface area contributed by atoms with Crippen molar-refractivity contribution in [2.75, 3.05) is 5.33 Å². The molecule has 1 rings (SSSR count). The van der Waals surface area contributed by atoms with Crippen molar-refractivity contribution in [3.05, 3.63) is 38.8 Å². The summed E-state index contributed by atoms with van der Waals surface area (Å²) in [5.41, 5.74) is -0.949. The Morgan fingerprint density at radius 3 is 2.85 bits per heavy atom. The van der Waals surface area contributed by atoms with Crippen LogP contribution in [0.15, 0.2) is 23.1 Å². The average molecular weight is 247 g/mol. The van der Waals surface area contributed by atoms with E-state index in [1.165, 1.54) is 22.9 Å². The molecule has 5 nitrogen and oxygen atoms in total. The first-order valence-corrected chi connectivity index (χ1v) is 4.68. The number of aryl methyl sites for hydroxylation is 1. The Bertz CT molecular complexity index is 374. The smallest absolute Gasteiger partial charge is 0.309 e. The highest BCUT2D eigenvalue weighted by Crippen LogP contribution is 2.01. The highest BCUT2D eigenvalue weighted by molar-refractivity contribution is 9.09. The first kappa shape index (κ1) is 9.91. The molecule has 0 aliphatic rings. The zero-order chi connectivity index (χ0) is 9.84. The second-order valence-corrected chi connectivity index (χ2v) is 3.13.